The summed E-state index contributed by atoms with van der Waals surface area (Å²) in [6, 6.07) is 9.70. The molecule has 0 radical (unpaired) electrons. The van der Waals surface area contributed by atoms with Gasteiger partial charge in [0.05, 0.1) is 17.2 Å². The normalized spacial score (nSPS) is 11.1. The lowest BCUT2D eigenvalue weighted by Gasteiger charge is -1.89. The molecule has 0 fully saturated rings. The number of hydrogen-bond donors (Lipinski definition) is 0. The number of imidazole rings is 1. The zero-order valence-corrected chi connectivity index (χ0v) is 6.75. The van der Waals surface area contributed by atoms with Crippen LogP contribution in [0.5, 0.6) is 0 Å². The minimum absolute atomic E-state index is 0.830. The van der Waals surface area contributed by atoms with E-state index < -0.39 is 0 Å². The highest BCUT2D eigenvalue weighted by atomic mass is 15.4. The first kappa shape index (κ1) is 6.54. The standard InChI is InChI=1S/C9H6N4/c1-2-4-8-7(3-1)11-9-5-6-10-12-13(8)9/h1-6H. The summed E-state index contributed by atoms with van der Waals surface area (Å²) >= 11 is 0. The molecular formula is C9H6N4. The predicted molar refractivity (Wildman–Crippen MR) is 48.3 cm³/mol. The van der Waals surface area contributed by atoms with Crippen LogP contribution < -0.4 is 0 Å². The van der Waals surface area contributed by atoms with E-state index in [9.17, 15) is 0 Å². The fourth-order valence-corrected chi connectivity index (χ4v) is 1.42. The summed E-state index contributed by atoms with van der Waals surface area (Å²) in [4.78, 5) is 4.38. The van der Waals surface area contributed by atoms with Gasteiger partial charge < -0.3 is 0 Å². The molecule has 3 rings (SSSR count). The number of nitrogens with zero attached hydrogens (tertiary/aromatic N) is 4. The molecule has 62 valence electrons. The van der Waals surface area contributed by atoms with Gasteiger partial charge in [0, 0.05) is 6.07 Å². The second-order valence-electron chi connectivity index (χ2n) is 2.79. The summed E-state index contributed by atoms with van der Waals surface area (Å²) in [5, 5.41) is 7.78. The van der Waals surface area contributed by atoms with Gasteiger partial charge in [0.2, 0.25) is 0 Å². The SMILES string of the molecule is c1ccc2c(c1)nc1ccnnn12. The molecule has 2 heterocycles. The van der Waals surface area contributed by atoms with Crippen LogP contribution in [0.1, 0.15) is 0 Å². The molecule has 13 heavy (non-hydrogen) atoms. The van der Waals surface area contributed by atoms with Crippen LogP contribution in [0.15, 0.2) is 36.5 Å². The van der Waals surface area contributed by atoms with E-state index in [1.807, 2.05) is 30.3 Å². The highest BCUT2D eigenvalue weighted by Gasteiger charge is 2.02. The first-order chi connectivity index (χ1) is 6.45. The molecule has 0 aliphatic rings. The Labute approximate surface area is 73.8 Å². The monoisotopic (exact) mass is 170 g/mol. The van der Waals surface area contributed by atoms with E-state index in [0.717, 1.165) is 16.7 Å². The number of hydrogen-bond acceptors (Lipinski definition) is 3. The van der Waals surface area contributed by atoms with Gasteiger partial charge in [-0.1, -0.05) is 17.3 Å². The Morgan fingerprint density at radius 2 is 2.00 bits per heavy atom. The highest BCUT2D eigenvalue weighted by Crippen LogP contribution is 2.12. The molecule has 3 aromatic rings. The van der Waals surface area contributed by atoms with Crippen LogP contribution in [0.2, 0.25) is 0 Å². The van der Waals surface area contributed by atoms with Gasteiger partial charge in [-0.05, 0) is 12.1 Å². The van der Waals surface area contributed by atoms with Crippen molar-refractivity contribution in [2.24, 2.45) is 0 Å². The van der Waals surface area contributed by atoms with Gasteiger partial charge in [-0.15, -0.1) is 5.10 Å². The lowest BCUT2D eigenvalue weighted by Crippen LogP contribution is -1.92. The van der Waals surface area contributed by atoms with E-state index in [2.05, 4.69) is 15.3 Å². The second kappa shape index (κ2) is 2.26. The molecule has 0 aliphatic carbocycles. The first-order valence-corrected chi connectivity index (χ1v) is 4.00. The third-order valence-corrected chi connectivity index (χ3v) is 1.99. The molecule has 0 bridgehead atoms. The Balaban J connectivity index is 2.64. The van der Waals surface area contributed by atoms with E-state index >= 15 is 0 Å². The van der Waals surface area contributed by atoms with E-state index in [-0.39, 0.29) is 0 Å². The summed E-state index contributed by atoms with van der Waals surface area (Å²) in [5.41, 5.74) is 2.77. The maximum absolute atomic E-state index is 4.38. The number of fused-ring (bicyclic) bond motifs is 3. The number of para-hydroxylation sites is 2. The summed E-state index contributed by atoms with van der Waals surface area (Å²) in [5.74, 6) is 0. The van der Waals surface area contributed by atoms with E-state index in [1.54, 1.807) is 10.7 Å². The van der Waals surface area contributed by atoms with Gasteiger partial charge in [-0.25, -0.2) is 4.98 Å². The topological polar surface area (TPSA) is 43.1 Å². The van der Waals surface area contributed by atoms with Crippen molar-refractivity contribution in [1.29, 1.82) is 0 Å². The Morgan fingerprint density at radius 1 is 1.08 bits per heavy atom. The number of rotatable bonds is 0. The zero-order chi connectivity index (χ0) is 8.67. The van der Waals surface area contributed by atoms with Gasteiger partial charge in [-0.3, -0.25) is 0 Å². The third-order valence-electron chi connectivity index (χ3n) is 1.99. The van der Waals surface area contributed by atoms with Gasteiger partial charge in [0.15, 0.2) is 5.65 Å². The van der Waals surface area contributed by atoms with Gasteiger partial charge in [0.1, 0.15) is 0 Å². The molecule has 0 unspecified atom stereocenters. The first-order valence-electron chi connectivity index (χ1n) is 4.00. The number of aromatic nitrogens is 4. The lowest BCUT2D eigenvalue weighted by molar-refractivity contribution is 0.826. The van der Waals surface area contributed by atoms with Gasteiger partial charge in [0.25, 0.3) is 0 Å². The zero-order valence-electron chi connectivity index (χ0n) is 6.75. The van der Waals surface area contributed by atoms with Crippen LogP contribution in [0.25, 0.3) is 16.7 Å². The lowest BCUT2D eigenvalue weighted by atomic mass is 10.3. The van der Waals surface area contributed by atoms with Crippen LogP contribution in [-0.4, -0.2) is 19.8 Å². The van der Waals surface area contributed by atoms with Gasteiger partial charge in [-0.2, -0.15) is 4.52 Å². The minimum atomic E-state index is 0.830. The molecule has 4 heteroatoms. The molecule has 0 amide bonds. The van der Waals surface area contributed by atoms with Crippen LogP contribution in [0, 0.1) is 0 Å². The second-order valence-corrected chi connectivity index (χ2v) is 2.79. The van der Waals surface area contributed by atoms with Crippen LogP contribution in [0.3, 0.4) is 0 Å². The number of benzene rings is 1. The molecule has 1 aromatic carbocycles. The summed E-state index contributed by atoms with van der Waals surface area (Å²) in [6.07, 6.45) is 1.64. The molecule has 0 spiro atoms. The molecule has 2 aromatic heterocycles. The molecular weight excluding hydrogens is 164 g/mol. The van der Waals surface area contributed by atoms with Crippen LogP contribution in [0.4, 0.5) is 0 Å². The maximum Gasteiger partial charge on any atom is 0.158 e. The average Bonchev–Trinajstić information content (AvgIpc) is 2.56. The van der Waals surface area contributed by atoms with Gasteiger partial charge >= 0.3 is 0 Å². The Kier molecular flexibility index (Phi) is 1.14. The van der Waals surface area contributed by atoms with Crippen molar-refractivity contribution in [2.75, 3.05) is 0 Å². The highest BCUT2D eigenvalue weighted by molar-refractivity contribution is 5.79. The largest absolute Gasteiger partial charge is 0.227 e. The van der Waals surface area contributed by atoms with Crippen molar-refractivity contribution < 1.29 is 0 Å². The molecule has 0 saturated carbocycles. The summed E-state index contributed by atoms with van der Waals surface area (Å²) in [6.45, 7) is 0. The fraction of sp³-hybridized carbons (Fsp3) is 0. The van der Waals surface area contributed by atoms with E-state index in [1.165, 1.54) is 0 Å². The van der Waals surface area contributed by atoms with E-state index in [0.29, 0.717) is 0 Å². The minimum Gasteiger partial charge on any atom is -0.227 e. The smallest absolute Gasteiger partial charge is 0.158 e. The molecule has 0 aliphatic heterocycles. The quantitative estimate of drug-likeness (QED) is 0.510. The molecule has 0 atom stereocenters. The average molecular weight is 170 g/mol. The fourth-order valence-electron chi connectivity index (χ4n) is 1.42. The van der Waals surface area contributed by atoms with Crippen molar-refractivity contribution in [2.45, 2.75) is 0 Å². The third kappa shape index (κ3) is 0.823. The van der Waals surface area contributed by atoms with Crippen molar-refractivity contribution in [1.82, 2.24) is 19.8 Å². The van der Waals surface area contributed by atoms with Crippen molar-refractivity contribution >= 4 is 16.7 Å². The Morgan fingerprint density at radius 3 is 3.00 bits per heavy atom. The predicted octanol–water partition coefficient (Wildman–Crippen LogP) is 1.28. The van der Waals surface area contributed by atoms with Crippen LogP contribution >= 0.6 is 0 Å². The van der Waals surface area contributed by atoms with Crippen LogP contribution in [-0.2, 0) is 0 Å². The Hall–Kier alpha value is -1.97. The maximum atomic E-state index is 4.38. The Bertz CT molecular complexity index is 519. The molecule has 0 N–H and O–H groups in total. The summed E-state index contributed by atoms with van der Waals surface area (Å²) < 4.78 is 1.73. The van der Waals surface area contributed by atoms with Crippen molar-refractivity contribution in [3.63, 3.8) is 0 Å². The van der Waals surface area contributed by atoms with Crippen molar-refractivity contribution in [3.8, 4) is 0 Å². The summed E-state index contributed by atoms with van der Waals surface area (Å²) in [7, 11) is 0. The molecule has 4 nitrogen and oxygen atoms in total. The molecule has 0 saturated heterocycles. The van der Waals surface area contributed by atoms with Crippen molar-refractivity contribution in [3.05, 3.63) is 36.5 Å². The van der Waals surface area contributed by atoms with E-state index in [4.69, 9.17) is 0 Å².